The minimum absolute atomic E-state index is 0. The van der Waals surface area contributed by atoms with Gasteiger partial charge >= 0.3 is 0 Å². The van der Waals surface area contributed by atoms with Crippen LogP contribution in [0.4, 0.5) is 8.78 Å². The van der Waals surface area contributed by atoms with Crippen molar-refractivity contribution in [1.29, 1.82) is 0 Å². The fourth-order valence-corrected chi connectivity index (χ4v) is 3.11. The van der Waals surface area contributed by atoms with Gasteiger partial charge in [0.05, 0.1) is 5.56 Å². The highest BCUT2D eigenvalue weighted by atomic mass is 35.5. The number of amides is 1. The van der Waals surface area contributed by atoms with E-state index in [1.54, 1.807) is 4.90 Å². The molecule has 0 spiro atoms. The van der Waals surface area contributed by atoms with Crippen molar-refractivity contribution in [2.75, 3.05) is 39.3 Å². The molecule has 1 unspecified atom stereocenters. The number of rotatable bonds is 2. The lowest BCUT2D eigenvalue weighted by atomic mass is 10.2. The first-order valence-electron chi connectivity index (χ1n) is 7.35. The molecular formula is C15H20ClF2N3O. The molecule has 0 saturated carbocycles. The van der Waals surface area contributed by atoms with Crippen LogP contribution in [0.5, 0.6) is 0 Å². The molecule has 0 bridgehead atoms. The molecule has 1 atom stereocenters. The van der Waals surface area contributed by atoms with Gasteiger partial charge in [-0.25, -0.2) is 8.78 Å². The topological polar surface area (TPSA) is 35.6 Å². The lowest BCUT2D eigenvalue weighted by Gasteiger charge is -2.32. The smallest absolute Gasteiger partial charge is 0.256 e. The first-order valence-corrected chi connectivity index (χ1v) is 7.35. The number of halogens is 3. The van der Waals surface area contributed by atoms with Gasteiger partial charge in [-0.2, -0.15) is 0 Å². The maximum absolute atomic E-state index is 13.7. The first-order chi connectivity index (χ1) is 10.2. The number of likely N-dealkylation sites (tertiary alicyclic amines) is 1. The van der Waals surface area contributed by atoms with Crippen LogP contribution in [0.25, 0.3) is 0 Å². The van der Waals surface area contributed by atoms with E-state index in [-0.39, 0.29) is 18.0 Å². The molecule has 2 aliphatic heterocycles. The van der Waals surface area contributed by atoms with Crippen molar-refractivity contribution in [2.24, 2.45) is 0 Å². The van der Waals surface area contributed by atoms with E-state index in [9.17, 15) is 13.6 Å². The van der Waals surface area contributed by atoms with Crippen LogP contribution in [0.2, 0.25) is 0 Å². The predicted molar refractivity (Wildman–Crippen MR) is 82.4 cm³/mol. The number of piperazine rings is 1. The molecule has 1 aromatic rings. The average molecular weight is 332 g/mol. The molecule has 0 aromatic heterocycles. The quantitative estimate of drug-likeness (QED) is 0.892. The zero-order valence-corrected chi connectivity index (χ0v) is 13.0. The Labute approximate surface area is 134 Å². The molecule has 0 aliphatic carbocycles. The summed E-state index contributed by atoms with van der Waals surface area (Å²) in [6.07, 6.45) is 0.892. The van der Waals surface area contributed by atoms with Gasteiger partial charge in [0.1, 0.15) is 0 Å². The Balaban J connectivity index is 0.00000176. The number of nitrogens with one attached hydrogen (secondary N) is 1. The summed E-state index contributed by atoms with van der Waals surface area (Å²) in [5.41, 5.74) is -0.170. The van der Waals surface area contributed by atoms with E-state index in [1.165, 1.54) is 12.1 Å². The van der Waals surface area contributed by atoms with E-state index in [1.807, 2.05) is 0 Å². The summed E-state index contributed by atoms with van der Waals surface area (Å²) in [5, 5.41) is 3.30. The summed E-state index contributed by atoms with van der Waals surface area (Å²) in [5.74, 6) is -2.43. The maximum atomic E-state index is 13.7. The van der Waals surface area contributed by atoms with Gasteiger partial charge < -0.3 is 10.2 Å². The summed E-state index contributed by atoms with van der Waals surface area (Å²) in [7, 11) is 0. The summed E-state index contributed by atoms with van der Waals surface area (Å²) < 4.78 is 26.9. The summed E-state index contributed by atoms with van der Waals surface area (Å²) in [6, 6.07) is 4.07. The molecule has 2 fully saturated rings. The minimum Gasteiger partial charge on any atom is -0.337 e. The fraction of sp³-hybridized carbons (Fsp3) is 0.533. The van der Waals surface area contributed by atoms with Crippen molar-refractivity contribution in [3.05, 3.63) is 35.4 Å². The second-order valence-corrected chi connectivity index (χ2v) is 5.58. The predicted octanol–water partition coefficient (Wildman–Crippen LogP) is 1.51. The number of hydrogen-bond donors (Lipinski definition) is 1. The van der Waals surface area contributed by atoms with Gasteiger partial charge in [0.25, 0.3) is 5.91 Å². The van der Waals surface area contributed by atoms with Crippen LogP contribution in [-0.4, -0.2) is 61.0 Å². The number of carbonyl (C=O) groups excluding carboxylic acids is 1. The lowest BCUT2D eigenvalue weighted by Crippen LogP contribution is -2.49. The molecule has 3 rings (SSSR count). The number of benzene rings is 1. The lowest BCUT2D eigenvalue weighted by molar-refractivity contribution is 0.0767. The largest absolute Gasteiger partial charge is 0.337 e. The molecule has 122 valence electrons. The maximum Gasteiger partial charge on any atom is 0.256 e. The molecule has 2 aliphatic rings. The van der Waals surface area contributed by atoms with E-state index >= 15 is 0 Å². The fourth-order valence-electron chi connectivity index (χ4n) is 3.11. The van der Waals surface area contributed by atoms with E-state index in [2.05, 4.69) is 10.2 Å². The molecular weight excluding hydrogens is 312 g/mol. The third-order valence-electron chi connectivity index (χ3n) is 4.30. The molecule has 1 amide bonds. The normalized spacial score (nSPS) is 22.5. The Hall–Kier alpha value is -1.24. The zero-order chi connectivity index (χ0) is 14.8. The Bertz CT molecular complexity index is 538. The van der Waals surface area contributed by atoms with Crippen LogP contribution in [0.3, 0.4) is 0 Å². The third-order valence-corrected chi connectivity index (χ3v) is 4.30. The third kappa shape index (κ3) is 3.39. The molecule has 7 heteroatoms. The standard InChI is InChI=1S/C15H19F2N3O.ClH/c16-13-3-1-2-12(14(13)17)15(21)20-7-4-11(10-20)19-8-5-18-6-9-19;/h1-3,11,18H,4-10H2;1H. The highest BCUT2D eigenvalue weighted by Crippen LogP contribution is 2.20. The summed E-state index contributed by atoms with van der Waals surface area (Å²) in [6.45, 7) is 5.06. The van der Waals surface area contributed by atoms with Crippen molar-refractivity contribution in [1.82, 2.24) is 15.1 Å². The van der Waals surface area contributed by atoms with Gasteiger partial charge in [-0.15, -0.1) is 12.4 Å². The van der Waals surface area contributed by atoms with Crippen LogP contribution >= 0.6 is 12.4 Å². The Morgan fingerprint density at radius 3 is 2.64 bits per heavy atom. The molecule has 2 saturated heterocycles. The monoisotopic (exact) mass is 331 g/mol. The van der Waals surface area contributed by atoms with Crippen LogP contribution in [0.15, 0.2) is 18.2 Å². The zero-order valence-electron chi connectivity index (χ0n) is 12.2. The van der Waals surface area contributed by atoms with E-state index < -0.39 is 17.5 Å². The molecule has 1 aromatic carbocycles. The molecule has 22 heavy (non-hydrogen) atoms. The Morgan fingerprint density at radius 2 is 1.91 bits per heavy atom. The van der Waals surface area contributed by atoms with Crippen LogP contribution in [0.1, 0.15) is 16.8 Å². The van der Waals surface area contributed by atoms with Gasteiger partial charge in [-0.05, 0) is 18.6 Å². The highest BCUT2D eigenvalue weighted by Gasteiger charge is 2.32. The van der Waals surface area contributed by atoms with Crippen molar-refractivity contribution in [2.45, 2.75) is 12.5 Å². The van der Waals surface area contributed by atoms with Crippen molar-refractivity contribution >= 4 is 18.3 Å². The minimum atomic E-state index is -1.05. The molecule has 2 heterocycles. The number of nitrogens with zero attached hydrogens (tertiary/aromatic N) is 2. The van der Waals surface area contributed by atoms with Crippen LogP contribution in [-0.2, 0) is 0 Å². The van der Waals surface area contributed by atoms with Gasteiger partial charge in [0.2, 0.25) is 0 Å². The van der Waals surface area contributed by atoms with Gasteiger partial charge in [0, 0.05) is 45.3 Å². The average Bonchev–Trinajstić information content (AvgIpc) is 3.00. The summed E-state index contributed by atoms with van der Waals surface area (Å²) >= 11 is 0. The van der Waals surface area contributed by atoms with Gasteiger partial charge in [0.15, 0.2) is 11.6 Å². The Kier molecular flexibility index (Phi) is 5.72. The number of carbonyl (C=O) groups is 1. The second-order valence-electron chi connectivity index (χ2n) is 5.58. The first kappa shape index (κ1) is 17.1. The van der Waals surface area contributed by atoms with Gasteiger partial charge in [-0.1, -0.05) is 6.07 Å². The molecule has 4 nitrogen and oxygen atoms in total. The second kappa shape index (κ2) is 7.35. The Morgan fingerprint density at radius 1 is 1.18 bits per heavy atom. The van der Waals surface area contributed by atoms with Gasteiger partial charge in [-0.3, -0.25) is 9.69 Å². The molecule has 0 radical (unpaired) electrons. The summed E-state index contributed by atoms with van der Waals surface area (Å²) in [4.78, 5) is 16.3. The molecule has 1 N–H and O–H groups in total. The van der Waals surface area contributed by atoms with E-state index in [0.717, 1.165) is 38.7 Å². The van der Waals surface area contributed by atoms with E-state index in [4.69, 9.17) is 0 Å². The van der Waals surface area contributed by atoms with Crippen molar-refractivity contribution in [3.8, 4) is 0 Å². The number of hydrogen-bond acceptors (Lipinski definition) is 3. The van der Waals surface area contributed by atoms with E-state index in [0.29, 0.717) is 19.1 Å². The van der Waals surface area contributed by atoms with Crippen molar-refractivity contribution in [3.63, 3.8) is 0 Å². The highest BCUT2D eigenvalue weighted by molar-refractivity contribution is 5.94. The van der Waals surface area contributed by atoms with Crippen LogP contribution < -0.4 is 5.32 Å². The SMILES string of the molecule is Cl.O=C(c1cccc(F)c1F)N1CCC(N2CCNCC2)C1. The van der Waals surface area contributed by atoms with Crippen molar-refractivity contribution < 1.29 is 13.6 Å². The van der Waals surface area contributed by atoms with Crippen LogP contribution in [0, 0.1) is 11.6 Å².